The zero-order valence-corrected chi connectivity index (χ0v) is 16.6. The van der Waals surface area contributed by atoms with E-state index in [9.17, 15) is 9.59 Å². The van der Waals surface area contributed by atoms with Gasteiger partial charge in [-0.25, -0.2) is 4.79 Å². The van der Waals surface area contributed by atoms with Gasteiger partial charge in [0.15, 0.2) is 8.68 Å². The Balaban J connectivity index is 2.13. The second-order valence-electron chi connectivity index (χ2n) is 5.52. The smallest absolute Gasteiger partial charge is 0.321 e. The van der Waals surface area contributed by atoms with Crippen LogP contribution in [0.2, 0.25) is 0 Å². The molecule has 0 unspecified atom stereocenters. The third-order valence-corrected chi connectivity index (χ3v) is 6.77. The van der Waals surface area contributed by atoms with E-state index in [0.29, 0.717) is 10.3 Å². The maximum atomic E-state index is 12.5. The minimum atomic E-state index is -0.575. The fraction of sp³-hybridized carbons (Fsp3) is 0.375. The number of aromatic nitrogens is 2. The Labute approximate surface area is 159 Å². The first kappa shape index (κ1) is 19.7. The summed E-state index contributed by atoms with van der Waals surface area (Å²) in [5.41, 5.74) is 0.806. The molecule has 6 nitrogen and oxygen atoms in total. The van der Waals surface area contributed by atoms with Crippen molar-refractivity contribution >= 4 is 46.8 Å². The summed E-state index contributed by atoms with van der Waals surface area (Å²) in [5.74, 6) is 1.15. The second-order valence-corrected chi connectivity index (χ2v) is 9.11. The van der Waals surface area contributed by atoms with Gasteiger partial charge in [0.05, 0.1) is 0 Å². The van der Waals surface area contributed by atoms with Gasteiger partial charge in [-0.2, -0.15) is 0 Å². The van der Waals surface area contributed by atoms with E-state index in [4.69, 9.17) is 0 Å². The Morgan fingerprint density at radius 1 is 1.16 bits per heavy atom. The zero-order chi connectivity index (χ0) is 18.2. The molecule has 134 valence electrons. The number of hydrogen-bond donors (Lipinski definition) is 2. The van der Waals surface area contributed by atoms with E-state index in [0.717, 1.165) is 15.7 Å². The molecule has 0 aliphatic carbocycles. The van der Waals surface area contributed by atoms with Gasteiger partial charge in [0, 0.05) is 12.8 Å². The maximum Gasteiger partial charge on any atom is 0.321 e. The Bertz CT molecular complexity index is 706. The molecule has 0 aliphatic heterocycles. The molecule has 2 rings (SSSR count). The number of thioether (sulfide) groups is 2. The SMILES string of the molecule is CNC(=O)NC(=O)[C@H](Sc1nnc(SCC(C)C)s1)c1ccccc1. The maximum absolute atomic E-state index is 12.5. The summed E-state index contributed by atoms with van der Waals surface area (Å²) in [6.07, 6.45) is 0. The van der Waals surface area contributed by atoms with Crippen LogP contribution < -0.4 is 10.6 Å². The van der Waals surface area contributed by atoms with Crippen molar-refractivity contribution in [2.24, 2.45) is 5.92 Å². The lowest BCUT2D eigenvalue weighted by molar-refractivity contribution is -0.119. The molecule has 0 bridgehead atoms. The molecule has 2 N–H and O–H groups in total. The van der Waals surface area contributed by atoms with Crippen molar-refractivity contribution in [3.05, 3.63) is 35.9 Å². The predicted octanol–water partition coefficient (Wildman–Crippen LogP) is 3.58. The molecule has 1 atom stereocenters. The summed E-state index contributed by atoms with van der Waals surface area (Å²) in [5, 5.41) is 12.5. The van der Waals surface area contributed by atoms with Crippen molar-refractivity contribution in [2.75, 3.05) is 12.8 Å². The zero-order valence-electron chi connectivity index (χ0n) is 14.2. The van der Waals surface area contributed by atoms with Crippen LogP contribution in [-0.2, 0) is 4.79 Å². The Morgan fingerprint density at radius 2 is 1.84 bits per heavy atom. The molecule has 1 aromatic carbocycles. The van der Waals surface area contributed by atoms with Gasteiger partial charge in [-0.05, 0) is 11.5 Å². The Kier molecular flexibility index (Phi) is 7.73. The van der Waals surface area contributed by atoms with Crippen LogP contribution in [-0.4, -0.2) is 34.9 Å². The molecule has 0 radical (unpaired) electrons. The van der Waals surface area contributed by atoms with E-state index in [2.05, 4.69) is 34.7 Å². The molecule has 1 aromatic heterocycles. The molecule has 2 aromatic rings. The third kappa shape index (κ3) is 6.33. The lowest BCUT2D eigenvalue weighted by Gasteiger charge is -2.14. The van der Waals surface area contributed by atoms with Gasteiger partial charge in [-0.3, -0.25) is 10.1 Å². The molecular formula is C16H20N4O2S3. The molecule has 3 amide bonds. The minimum Gasteiger partial charge on any atom is -0.341 e. The number of nitrogens with one attached hydrogen (secondary N) is 2. The van der Waals surface area contributed by atoms with E-state index in [-0.39, 0.29) is 5.91 Å². The topological polar surface area (TPSA) is 84.0 Å². The first-order chi connectivity index (χ1) is 12.0. The number of hydrogen-bond acceptors (Lipinski definition) is 7. The van der Waals surface area contributed by atoms with Gasteiger partial charge >= 0.3 is 6.03 Å². The number of carbonyl (C=O) groups is 2. The van der Waals surface area contributed by atoms with E-state index in [1.165, 1.54) is 30.1 Å². The van der Waals surface area contributed by atoms with E-state index < -0.39 is 11.3 Å². The fourth-order valence-electron chi connectivity index (χ4n) is 1.78. The first-order valence-electron chi connectivity index (χ1n) is 7.70. The number of rotatable bonds is 7. The van der Waals surface area contributed by atoms with Crippen LogP contribution in [0.5, 0.6) is 0 Å². The van der Waals surface area contributed by atoms with E-state index >= 15 is 0 Å². The van der Waals surface area contributed by atoms with Crippen molar-refractivity contribution in [2.45, 2.75) is 27.8 Å². The average molecular weight is 397 g/mol. The number of imide groups is 1. The first-order valence-corrected chi connectivity index (χ1v) is 10.4. The summed E-state index contributed by atoms with van der Waals surface area (Å²) < 4.78 is 1.59. The highest BCUT2D eigenvalue weighted by Gasteiger charge is 2.25. The molecule has 0 saturated heterocycles. The molecule has 0 saturated carbocycles. The summed E-state index contributed by atoms with van der Waals surface area (Å²) in [6, 6.07) is 8.79. The quantitative estimate of drug-likeness (QED) is 0.696. The lowest BCUT2D eigenvalue weighted by Crippen LogP contribution is -2.39. The van der Waals surface area contributed by atoms with Crippen molar-refractivity contribution in [3.8, 4) is 0 Å². The molecular weight excluding hydrogens is 376 g/mol. The average Bonchev–Trinajstić information content (AvgIpc) is 3.06. The standard InChI is InChI=1S/C16H20N4O2S3/c1-10(2)9-23-15-19-20-16(25-15)24-12(11-7-5-4-6-8-11)13(21)18-14(22)17-3/h4-8,10,12H,9H2,1-3H3,(H2,17,18,21,22)/t12-/m1/s1. The molecule has 0 fully saturated rings. The van der Waals surface area contributed by atoms with Crippen LogP contribution in [0.15, 0.2) is 39.0 Å². The van der Waals surface area contributed by atoms with Gasteiger partial charge in [0.25, 0.3) is 0 Å². The summed E-state index contributed by atoms with van der Waals surface area (Å²) in [7, 11) is 1.47. The van der Waals surface area contributed by atoms with Crippen LogP contribution in [0.3, 0.4) is 0 Å². The molecule has 25 heavy (non-hydrogen) atoms. The highest BCUT2D eigenvalue weighted by molar-refractivity contribution is 8.03. The van der Waals surface area contributed by atoms with E-state index in [1.54, 1.807) is 11.8 Å². The van der Waals surface area contributed by atoms with Crippen molar-refractivity contribution in [3.63, 3.8) is 0 Å². The Hall–Kier alpha value is -1.58. The monoisotopic (exact) mass is 396 g/mol. The van der Waals surface area contributed by atoms with Crippen molar-refractivity contribution in [1.82, 2.24) is 20.8 Å². The number of nitrogens with zero attached hydrogens (tertiary/aromatic N) is 2. The van der Waals surface area contributed by atoms with Crippen molar-refractivity contribution in [1.29, 1.82) is 0 Å². The minimum absolute atomic E-state index is 0.387. The highest BCUT2D eigenvalue weighted by Crippen LogP contribution is 2.38. The third-order valence-electron chi connectivity index (χ3n) is 2.95. The largest absolute Gasteiger partial charge is 0.341 e. The van der Waals surface area contributed by atoms with Crippen molar-refractivity contribution < 1.29 is 9.59 Å². The second kappa shape index (κ2) is 9.79. The lowest BCUT2D eigenvalue weighted by atomic mass is 10.1. The number of benzene rings is 1. The van der Waals surface area contributed by atoms with Gasteiger partial charge in [0.1, 0.15) is 5.25 Å². The number of amides is 3. The fourth-order valence-corrected chi connectivity index (χ4v) is 4.97. The summed E-state index contributed by atoms with van der Waals surface area (Å²) in [4.78, 5) is 24.0. The Morgan fingerprint density at radius 3 is 2.48 bits per heavy atom. The molecule has 0 aliphatic rings. The van der Waals surface area contributed by atoms with Gasteiger partial charge in [-0.15, -0.1) is 10.2 Å². The number of carbonyl (C=O) groups excluding carboxylic acids is 2. The molecule has 1 heterocycles. The van der Waals surface area contributed by atoms with Gasteiger partial charge < -0.3 is 5.32 Å². The van der Waals surface area contributed by atoms with Crippen LogP contribution in [0.4, 0.5) is 4.79 Å². The summed E-state index contributed by atoms with van der Waals surface area (Å²) in [6.45, 7) is 4.30. The summed E-state index contributed by atoms with van der Waals surface area (Å²) >= 11 is 4.42. The normalized spacial score (nSPS) is 12.0. The highest BCUT2D eigenvalue weighted by atomic mass is 32.2. The van der Waals surface area contributed by atoms with Crippen LogP contribution in [0.25, 0.3) is 0 Å². The van der Waals surface area contributed by atoms with E-state index in [1.807, 2.05) is 30.3 Å². The van der Waals surface area contributed by atoms with Gasteiger partial charge in [-0.1, -0.05) is 79.0 Å². The molecule has 9 heteroatoms. The van der Waals surface area contributed by atoms with Crippen LogP contribution >= 0.6 is 34.9 Å². The predicted molar refractivity (Wildman–Crippen MR) is 103 cm³/mol. The molecule has 0 spiro atoms. The van der Waals surface area contributed by atoms with Crippen LogP contribution in [0.1, 0.15) is 24.7 Å². The van der Waals surface area contributed by atoms with Crippen LogP contribution in [0, 0.1) is 5.92 Å². The van der Waals surface area contributed by atoms with Gasteiger partial charge in [0.2, 0.25) is 5.91 Å². The number of urea groups is 1.